The summed E-state index contributed by atoms with van der Waals surface area (Å²) < 4.78 is 41.1. The molecule has 162 valence electrons. The molecule has 0 atom stereocenters. The number of ether oxygens (including phenoxy) is 3. The van der Waals surface area contributed by atoms with Crippen molar-refractivity contribution in [3.05, 3.63) is 52.6 Å². The van der Waals surface area contributed by atoms with Crippen molar-refractivity contribution in [2.75, 3.05) is 20.2 Å². The van der Waals surface area contributed by atoms with E-state index in [1.165, 1.54) is 17.7 Å². The van der Waals surface area contributed by atoms with Crippen LogP contribution in [0.15, 0.2) is 30.3 Å². The van der Waals surface area contributed by atoms with Crippen molar-refractivity contribution in [2.24, 2.45) is 5.92 Å². The van der Waals surface area contributed by atoms with Crippen LogP contribution in [0.1, 0.15) is 22.3 Å². The van der Waals surface area contributed by atoms with E-state index in [4.69, 9.17) is 9.84 Å². The Morgan fingerprint density at radius 3 is 2.37 bits per heavy atom. The molecule has 30 heavy (non-hydrogen) atoms. The van der Waals surface area contributed by atoms with Gasteiger partial charge in [-0.3, -0.25) is 4.90 Å². The second-order valence-electron chi connectivity index (χ2n) is 7.39. The molecule has 1 N–H and O–H groups in total. The van der Waals surface area contributed by atoms with Gasteiger partial charge in [-0.1, -0.05) is 18.2 Å². The lowest BCUT2D eigenvalue weighted by Crippen LogP contribution is -2.46. The molecular weight excluding hydrogens is 396 g/mol. The quantitative estimate of drug-likeness (QED) is 0.721. The molecule has 2 aliphatic heterocycles. The van der Waals surface area contributed by atoms with Crippen LogP contribution in [0.4, 0.5) is 8.78 Å². The Labute approximate surface area is 174 Å². The number of carbonyl (C=O) groups is 1. The van der Waals surface area contributed by atoms with Gasteiger partial charge in [0.15, 0.2) is 11.5 Å². The first-order valence-corrected chi connectivity index (χ1v) is 9.57. The predicted molar refractivity (Wildman–Crippen MR) is 106 cm³/mol. The second kappa shape index (κ2) is 8.97. The number of alkyl halides is 2. The van der Waals surface area contributed by atoms with Crippen molar-refractivity contribution in [2.45, 2.75) is 33.3 Å². The highest BCUT2D eigenvalue weighted by Gasteiger charge is 2.43. The number of aryl methyl sites for hydroxylation is 2. The lowest BCUT2D eigenvalue weighted by molar-refractivity contribution is -0.286. The number of nitrogens with zero attached hydrogens (tertiary/aromatic N) is 1. The number of rotatable bonds is 6. The zero-order chi connectivity index (χ0) is 21.9. The molecule has 0 bridgehead atoms. The number of aldehydes is 1. The van der Waals surface area contributed by atoms with E-state index in [2.05, 4.69) is 26.5 Å². The van der Waals surface area contributed by atoms with E-state index in [0.29, 0.717) is 5.56 Å². The summed E-state index contributed by atoms with van der Waals surface area (Å²) in [6, 6.07) is 8.80. The predicted octanol–water partition coefficient (Wildman–Crippen LogP) is 3.44. The van der Waals surface area contributed by atoms with Gasteiger partial charge in [-0.2, -0.15) is 0 Å². The van der Waals surface area contributed by atoms with E-state index < -0.39 is 6.29 Å². The molecule has 0 unspecified atom stereocenters. The Bertz CT molecular complexity index is 889. The molecule has 0 radical (unpaired) electrons. The third kappa shape index (κ3) is 4.88. The summed E-state index contributed by atoms with van der Waals surface area (Å²) >= 11 is 0. The Hall–Kier alpha value is -2.71. The molecule has 8 heteroatoms. The topological polar surface area (TPSA) is 68.2 Å². The molecule has 1 saturated heterocycles. The average molecular weight is 421 g/mol. The highest BCUT2D eigenvalue weighted by molar-refractivity contribution is 5.55. The normalized spacial score (nSPS) is 17.0. The van der Waals surface area contributed by atoms with Crippen LogP contribution >= 0.6 is 0 Å². The minimum absolute atomic E-state index is 0.0121. The third-order valence-corrected chi connectivity index (χ3v) is 4.95. The Morgan fingerprint density at radius 1 is 1.10 bits per heavy atom. The number of halogens is 2. The van der Waals surface area contributed by atoms with Crippen LogP contribution in [0.25, 0.3) is 0 Å². The number of benzene rings is 2. The molecule has 1 fully saturated rings. The lowest BCUT2D eigenvalue weighted by Gasteiger charge is -2.36. The number of fused-ring (bicyclic) bond motifs is 1. The van der Waals surface area contributed by atoms with Crippen LogP contribution in [0, 0.1) is 19.8 Å². The molecular formula is C22H25F2NO5. The summed E-state index contributed by atoms with van der Waals surface area (Å²) in [5.41, 5.74) is 3.91. The molecule has 4 rings (SSSR count). The molecule has 2 aliphatic rings. The number of hydrogen-bond donors (Lipinski definition) is 1. The van der Waals surface area contributed by atoms with Gasteiger partial charge in [0.25, 0.3) is 0 Å². The molecule has 2 heterocycles. The molecule has 0 aliphatic carbocycles. The third-order valence-electron chi connectivity index (χ3n) is 4.95. The molecule has 6 nitrogen and oxygen atoms in total. The van der Waals surface area contributed by atoms with Crippen LogP contribution in [0.5, 0.6) is 17.2 Å². The number of aliphatic hydroxyl groups excluding tert-OH is 1. The minimum atomic E-state index is -3.62. The average Bonchev–Trinajstić information content (AvgIpc) is 2.98. The number of likely N-dealkylation sites (tertiary alicyclic amines) is 1. The summed E-state index contributed by atoms with van der Waals surface area (Å²) in [4.78, 5) is 13.0. The molecule has 0 spiro atoms. The molecule has 2 aromatic rings. The van der Waals surface area contributed by atoms with E-state index in [1.54, 1.807) is 6.07 Å². The smallest absolute Gasteiger partial charge is 0.488 e. The monoisotopic (exact) mass is 421 g/mol. The summed E-state index contributed by atoms with van der Waals surface area (Å²) in [6.07, 6.45) is -2.60. The van der Waals surface area contributed by atoms with Gasteiger partial charge in [0.1, 0.15) is 18.6 Å². The van der Waals surface area contributed by atoms with Crippen LogP contribution < -0.4 is 14.2 Å². The van der Waals surface area contributed by atoms with Gasteiger partial charge in [0.05, 0.1) is 0 Å². The fraction of sp³-hybridized carbons (Fsp3) is 0.409. The van der Waals surface area contributed by atoms with Crippen LogP contribution in [-0.2, 0) is 17.9 Å². The first kappa shape index (κ1) is 22.0. The van der Waals surface area contributed by atoms with Gasteiger partial charge in [0, 0.05) is 32.7 Å². The van der Waals surface area contributed by atoms with Crippen molar-refractivity contribution in [1.29, 1.82) is 0 Å². The van der Waals surface area contributed by atoms with Crippen LogP contribution in [0.2, 0.25) is 0 Å². The summed E-state index contributed by atoms with van der Waals surface area (Å²) in [6.45, 7) is 6.62. The van der Waals surface area contributed by atoms with Gasteiger partial charge >= 0.3 is 6.29 Å². The van der Waals surface area contributed by atoms with Gasteiger partial charge < -0.3 is 24.1 Å². The van der Waals surface area contributed by atoms with Gasteiger partial charge in [-0.15, -0.1) is 8.78 Å². The van der Waals surface area contributed by atoms with E-state index in [9.17, 15) is 13.6 Å². The second-order valence-corrected chi connectivity index (χ2v) is 7.39. The zero-order valence-electron chi connectivity index (χ0n) is 17.2. The van der Waals surface area contributed by atoms with Crippen molar-refractivity contribution in [3.8, 4) is 17.2 Å². The maximum absolute atomic E-state index is 13.1. The highest BCUT2D eigenvalue weighted by Crippen LogP contribution is 2.41. The van der Waals surface area contributed by atoms with E-state index in [-0.39, 0.29) is 24.0 Å². The Balaban J connectivity index is 0.00000124. The lowest BCUT2D eigenvalue weighted by atomic mass is 9.99. The number of aliphatic hydroxyl groups is 1. The Morgan fingerprint density at radius 2 is 1.73 bits per heavy atom. The number of hydrogen-bond acceptors (Lipinski definition) is 6. The van der Waals surface area contributed by atoms with Crippen LogP contribution in [0.3, 0.4) is 0 Å². The summed E-state index contributed by atoms with van der Waals surface area (Å²) in [7, 11) is 1.00. The van der Waals surface area contributed by atoms with E-state index in [0.717, 1.165) is 49.9 Å². The van der Waals surface area contributed by atoms with Crippen molar-refractivity contribution in [3.63, 3.8) is 0 Å². The molecule has 0 aromatic heterocycles. The Kier molecular flexibility index (Phi) is 6.58. The molecule has 0 saturated carbocycles. The standard InChI is InChI=1S/C21H21F2NO4.CH4O/c1-13-5-16(8-24-9-17(10-24)11-25)6-14(2)20(13)26-12-15-3-4-18-19(7-15)28-21(22,23)27-18;1-2/h3-7,11,17H,8-10,12H2,1-2H3;2H,1H3. The maximum atomic E-state index is 13.1. The van der Waals surface area contributed by atoms with Crippen LogP contribution in [-0.4, -0.2) is 42.8 Å². The summed E-state index contributed by atoms with van der Waals surface area (Å²) in [5, 5.41) is 7.00. The van der Waals surface area contributed by atoms with Gasteiger partial charge in [-0.05, 0) is 48.2 Å². The van der Waals surface area contributed by atoms with Crippen molar-refractivity contribution >= 4 is 6.29 Å². The minimum Gasteiger partial charge on any atom is -0.488 e. The first-order chi connectivity index (χ1) is 14.3. The SMILES string of the molecule is CO.Cc1cc(CN2CC(C=O)C2)cc(C)c1OCc1ccc2c(c1)OC(F)(F)O2. The van der Waals surface area contributed by atoms with Gasteiger partial charge in [0.2, 0.25) is 0 Å². The fourth-order valence-electron chi connectivity index (χ4n) is 3.68. The fourth-order valence-corrected chi connectivity index (χ4v) is 3.68. The van der Waals surface area contributed by atoms with Crippen molar-refractivity contribution < 1.29 is 32.9 Å². The van der Waals surface area contributed by atoms with E-state index >= 15 is 0 Å². The largest absolute Gasteiger partial charge is 0.586 e. The molecule has 2 aromatic carbocycles. The molecule has 0 amide bonds. The maximum Gasteiger partial charge on any atom is 0.586 e. The first-order valence-electron chi connectivity index (χ1n) is 9.57. The highest BCUT2D eigenvalue weighted by atomic mass is 19.3. The van der Waals surface area contributed by atoms with Crippen molar-refractivity contribution in [1.82, 2.24) is 4.90 Å². The number of carbonyl (C=O) groups excluding carboxylic acids is 1. The zero-order valence-corrected chi connectivity index (χ0v) is 17.2. The van der Waals surface area contributed by atoms with E-state index in [1.807, 2.05) is 13.8 Å². The van der Waals surface area contributed by atoms with Gasteiger partial charge in [-0.25, -0.2) is 0 Å². The summed E-state index contributed by atoms with van der Waals surface area (Å²) in [5.74, 6) is 0.971.